The van der Waals surface area contributed by atoms with Crippen molar-refractivity contribution in [3.8, 4) is 0 Å². The molecule has 1 aromatic heterocycles. The molecule has 1 rings (SSSR count). The number of carbonyl (C=O) groups excluding carboxylic acids is 1. The van der Waals surface area contributed by atoms with Gasteiger partial charge in [-0.2, -0.15) is 0 Å². The molecule has 0 aliphatic rings. The Morgan fingerprint density at radius 1 is 1.45 bits per heavy atom. The van der Waals surface area contributed by atoms with E-state index in [1.807, 2.05) is 39.6 Å². The van der Waals surface area contributed by atoms with Crippen molar-refractivity contribution in [2.75, 3.05) is 26.7 Å². The fraction of sp³-hybridized carbons (Fsp3) is 0.667. The molecule has 0 aromatic carbocycles. The molecule has 1 amide bonds. The van der Waals surface area contributed by atoms with Crippen molar-refractivity contribution in [2.45, 2.75) is 34.2 Å². The van der Waals surface area contributed by atoms with Crippen molar-refractivity contribution in [3.63, 3.8) is 0 Å². The van der Waals surface area contributed by atoms with Gasteiger partial charge in [-0.15, -0.1) is 11.3 Å². The van der Waals surface area contributed by atoms with E-state index in [0.717, 1.165) is 23.2 Å². The van der Waals surface area contributed by atoms with Gasteiger partial charge in [-0.1, -0.05) is 13.8 Å². The summed E-state index contributed by atoms with van der Waals surface area (Å²) in [6.07, 6.45) is 0. The van der Waals surface area contributed by atoms with Gasteiger partial charge >= 0.3 is 0 Å². The zero-order chi connectivity index (χ0) is 16.5. The molecule has 6 nitrogen and oxygen atoms in total. The van der Waals surface area contributed by atoms with Crippen molar-refractivity contribution in [1.82, 2.24) is 20.5 Å². The smallest absolute Gasteiger partial charge is 0.222 e. The third-order valence-electron chi connectivity index (χ3n) is 2.96. The van der Waals surface area contributed by atoms with Crippen LogP contribution >= 0.6 is 11.3 Å². The van der Waals surface area contributed by atoms with Gasteiger partial charge in [0.05, 0.1) is 23.8 Å². The topological polar surface area (TPSA) is 69.6 Å². The number of nitrogens with zero attached hydrogens (tertiary/aromatic N) is 3. The number of aromatic nitrogens is 1. The molecule has 0 aliphatic carbocycles. The van der Waals surface area contributed by atoms with Gasteiger partial charge in [0, 0.05) is 31.4 Å². The maximum Gasteiger partial charge on any atom is 0.222 e. The van der Waals surface area contributed by atoms with Crippen LogP contribution in [-0.4, -0.2) is 48.4 Å². The summed E-state index contributed by atoms with van der Waals surface area (Å²) in [6.45, 7) is 10.4. The van der Waals surface area contributed by atoms with Crippen LogP contribution in [0.5, 0.6) is 0 Å². The van der Waals surface area contributed by atoms with Gasteiger partial charge in [-0.3, -0.25) is 9.79 Å². The van der Waals surface area contributed by atoms with Crippen LogP contribution in [0.2, 0.25) is 0 Å². The minimum absolute atomic E-state index is 0.00722. The van der Waals surface area contributed by atoms with Crippen LogP contribution in [0, 0.1) is 12.8 Å². The molecule has 0 aliphatic heterocycles. The van der Waals surface area contributed by atoms with E-state index in [-0.39, 0.29) is 11.8 Å². The summed E-state index contributed by atoms with van der Waals surface area (Å²) < 4.78 is 0. The molecule has 2 N–H and O–H groups in total. The predicted molar refractivity (Wildman–Crippen MR) is 92.1 cm³/mol. The highest BCUT2D eigenvalue weighted by atomic mass is 32.1. The molecule has 0 saturated carbocycles. The van der Waals surface area contributed by atoms with E-state index < -0.39 is 0 Å². The fourth-order valence-electron chi connectivity index (χ4n) is 1.81. The largest absolute Gasteiger partial charge is 0.357 e. The Labute approximate surface area is 137 Å². The van der Waals surface area contributed by atoms with Gasteiger partial charge in [0.2, 0.25) is 5.91 Å². The van der Waals surface area contributed by atoms with Crippen LogP contribution < -0.4 is 10.6 Å². The van der Waals surface area contributed by atoms with Crippen LogP contribution in [0.25, 0.3) is 0 Å². The average Bonchev–Trinajstić information content (AvgIpc) is 2.86. The molecule has 1 aromatic rings. The summed E-state index contributed by atoms with van der Waals surface area (Å²) in [7, 11) is 1.99. The number of guanidine groups is 1. The number of rotatable bonds is 7. The maximum atomic E-state index is 11.5. The molecular formula is C15H27N5OS. The summed E-state index contributed by atoms with van der Waals surface area (Å²) in [4.78, 5) is 22.6. The van der Waals surface area contributed by atoms with Gasteiger partial charge in [0.1, 0.15) is 0 Å². The van der Waals surface area contributed by atoms with Gasteiger partial charge in [-0.25, -0.2) is 4.98 Å². The second-order valence-corrected chi connectivity index (χ2v) is 6.46. The summed E-state index contributed by atoms with van der Waals surface area (Å²) >= 11 is 1.65. The van der Waals surface area contributed by atoms with Crippen molar-refractivity contribution >= 4 is 23.2 Å². The van der Waals surface area contributed by atoms with Crippen molar-refractivity contribution in [1.29, 1.82) is 0 Å². The van der Waals surface area contributed by atoms with E-state index in [1.165, 1.54) is 0 Å². The lowest BCUT2D eigenvalue weighted by atomic mass is 10.2. The first-order chi connectivity index (χ1) is 10.4. The quantitative estimate of drug-likeness (QED) is 0.454. The van der Waals surface area contributed by atoms with Crippen LogP contribution in [-0.2, 0) is 11.3 Å². The molecule has 0 fully saturated rings. The van der Waals surface area contributed by atoms with Crippen LogP contribution in [0.1, 0.15) is 31.5 Å². The monoisotopic (exact) mass is 325 g/mol. The summed E-state index contributed by atoms with van der Waals surface area (Å²) in [5.74, 6) is 0.895. The molecular weight excluding hydrogens is 298 g/mol. The maximum absolute atomic E-state index is 11.5. The molecule has 0 spiro atoms. The van der Waals surface area contributed by atoms with E-state index in [9.17, 15) is 4.79 Å². The van der Waals surface area contributed by atoms with Gasteiger partial charge in [-0.05, 0) is 13.8 Å². The predicted octanol–water partition coefficient (Wildman–Crippen LogP) is 1.62. The summed E-state index contributed by atoms with van der Waals surface area (Å²) in [5, 5.41) is 9.27. The molecule has 22 heavy (non-hydrogen) atoms. The number of thiazole rings is 1. The lowest BCUT2D eigenvalue weighted by Crippen LogP contribution is -2.39. The van der Waals surface area contributed by atoms with Gasteiger partial charge < -0.3 is 15.5 Å². The van der Waals surface area contributed by atoms with E-state index in [0.29, 0.717) is 19.6 Å². The normalized spacial score (nSPS) is 11.6. The summed E-state index contributed by atoms with van der Waals surface area (Å²) in [6, 6.07) is 0. The number of hydrogen-bond donors (Lipinski definition) is 2. The summed E-state index contributed by atoms with van der Waals surface area (Å²) in [5.41, 5.74) is 1.05. The first-order valence-electron chi connectivity index (χ1n) is 7.62. The van der Waals surface area contributed by atoms with Crippen LogP contribution in [0.3, 0.4) is 0 Å². The Morgan fingerprint density at radius 2 is 2.18 bits per heavy atom. The fourth-order valence-corrected chi connectivity index (χ4v) is 2.42. The molecule has 7 heteroatoms. The standard InChI is InChI=1S/C15H27N5OS/c1-6-16-15(18-8-7-17-14(21)11(2)3)20(5)9-13-10-22-12(4)19-13/h10-11H,6-9H2,1-5H3,(H,16,18)(H,17,21). The first kappa shape index (κ1) is 18.4. The number of nitrogens with one attached hydrogen (secondary N) is 2. The lowest BCUT2D eigenvalue weighted by molar-refractivity contribution is -0.123. The third-order valence-corrected chi connectivity index (χ3v) is 3.78. The second-order valence-electron chi connectivity index (χ2n) is 5.40. The number of aliphatic imine (C=N–C) groups is 1. The Bertz CT molecular complexity index is 498. The molecule has 0 bridgehead atoms. The number of aryl methyl sites for hydroxylation is 1. The Kier molecular flexibility index (Phi) is 7.87. The Balaban J connectivity index is 2.51. The first-order valence-corrected chi connectivity index (χ1v) is 8.50. The lowest BCUT2D eigenvalue weighted by Gasteiger charge is -2.21. The molecule has 0 saturated heterocycles. The van der Waals surface area contributed by atoms with Crippen molar-refractivity contribution < 1.29 is 4.79 Å². The molecule has 124 valence electrons. The van der Waals surface area contributed by atoms with E-state index in [4.69, 9.17) is 0 Å². The minimum atomic E-state index is 0.00722. The number of amides is 1. The average molecular weight is 325 g/mol. The highest BCUT2D eigenvalue weighted by Crippen LogP contribution is 2.09. The zero-order valence-electron chi connectivity index (χ0n) is 14.1. The van der Waals surface area contributed by atoms with Crippen LogP contribution in [0.15, 0.2) is 10.4 Å². The van der Waals surface area contributed by atoms with E-state index in [2.05, 4.69) is 26.0 Å². The highest BCUT2D eigenvalue weighted by molar-refractivity contribution is 7.09. The van der Waals surface area contributed by atoms with Crippen LogP contribution in [0.4, 0.5) is 0 Å². The number of carbonyl (C=O) groups is 1. The van der Waals surface area contributed by atoms with Crippen molar-refractivity contribution in [3.05, 3.63) is 16.1 Å². The molecule has 0 radical (unpaired) electrons. The molecule has 0 unspecified atom stereocenters. The van der Waals surface area contributed by atoms with E-state index >= 15 is 0 Å². The minimum Gasteiger partial charge on any atom is -0.357 e. The Hall–Kier alpha value is -1.63. The van der Waals surface area contributed by atoms with E-state index in [1.54, 1.807) is 11.3 Å². The number of hydrogen-bond acceptors (Lipinski definition) is 4. The van der Waals surface area contributed by atoms with Gasteiger partial charge in [0.25, 0.3) is 0 Å². The third kappa shape index (κ3) is 6.43. The Morgan fingerprint density at radius 3 is 2.73 bits per heavy atom. The molecule has 0 atom stereocenters. The van der Waals surface area contributed by atoms with Crippen molar-refractivity contribution in [2.24, 2.45) is 10.9 Å². The van der Waals surface area contributed by atoms with Gasteiger partial charge in [0.15, 0.2) is 5.96 Å². The highest BCUT2D eigenvalue weighted by Gasteiger charge is 2.09. The SMILES string of the molecule is CCNC(=NCCNC(=O)C(C)C)N(C)Cc1csc(C)n1. The molecule has 1 heterocycles. The second kappa shape index (κ2) is 9.40. The zero-order valence-corrected chi connectivity index (χ0v) is 15.0.